The van der Waals surface area contributed by atoms with Gasteiger partial charge in [0.05, 0.1) is 5.54 Å². The third-order valence-electron chi connectivity index (χ3n) is 3.63. The van der Waals surface area contributed by atoms with Crippen LogP contribution in [0.25, 0.3) is 0 Å². The Morgan fingerprint density at radius 3 is 1.74 bits per heavy atom. The SMILES string of the molecule is CCCCC(NO)(c1ccccc1)c1ccccc1. The van der Waals surface area contributed by atoms with Crippen LogP contribution in [-0.4, -0.2) is 5.21 Å². The molecule has 0 amide bonds. The van der Waals surface area contributed by atoms with E-state index in [1.165, 1.54) is 0 Å². The molecule has 2 rings (SSSR count). The average molecular weight is 255 g/mol. The van der Waals surface area contributed by atoms with E-state index < -0.39 is 5.54 Å². The molecule has 0 aliphatic rings. The number of unbranched alkanes of at least 4 members (excludes halogenated alkanes) is 1. The summed E-state index contributed by atoms with van der Waals surface area (Å²) >= 11 is 0. The molecule has 0 aromatic heterocycles. The largest absolute Gasteiger partial charge is 0.316 e. The third kappa shape index (κ3) is 2.86. The number of hydrogen-bond donors (Lipinski definition) is 2. The molecule has 0 aliphatic carbocycles. The topological polar surface area (TPSA) is 32.3 Å². The first-order valence-electron chi connectivity index (χ1n) is 6.86. The van der Waals surface area contributed by atoms with Crippen LogP contribution in [-0.2, 0) is 5.54 Å². The van der Waals surface area contributed by atoms with Crippen molar-refractivity contribution in [2.75, 3.05) is 0 Å². The Hall–Kier alpha value is -1.64. The maximum absolute atomic E-state index is 9.86. The van der Waals surface area contributed by atoms with Gasteiger partial charge in [0.25, 0.3) is 0 Å². The first-order chi connectivity index (χ1) is 9.33. The second kappa shape index (κ2) is 6.50. The molecule has 19 heavy (non-hydrogen) atoms. The summed E-state index contributed by atoms with van der Waals surface area (Å²) in [4.78, 5) is 0. The molecule has 0 saturated heterocycles. The first-order valence-corrected chi connectivity index (χ1v) is 6.86. The summed E-state index contributed by atoms with van der Waals surface area (Å²) in [7, 11) is 0. The molecular weight excluding hydrogens is 234 g/mol. The third-order valence-corrected chi connectivity index (χ3v) is 3.63. The fourth-order valence-electron chi connectivity index (χ4n) is 2.53. The van der Waals surface area contributed by atoms with E-state index in [1.54, 1.807) is 0 Å². The summed E-state index contributed by atoms with van der Waals surface area (Å²) in [5.74, 6) is 0. The predicted molar refractivity (Wildman–Crippen MR) is 78.1 cm³/mol. The van der Waals surface area contributed by atoms with Crippen molar-refractivity contribution in [2.24, 2.45) is 0 Å². The average Bonchev–Trinajstić information content (AvgIpc) is 2.51. The van der Waals surface area contributed by atoms with Gasteiger partial charge in [0.2, 0.25) is 0 Å². The maximum atomic E-state index is 9.86. The van der Waals surface area contributed by atoms with Crippen molar-refractivity contribution in [3.63, 3.8) is 0 Å². The highest BCUT2D eigenvalue weighted by molar-refractivity contribution is 5.37. The minimum atomic E-state index is -0.515. The molecule has 0 aliphatic heterocycles. The molecule has 0 spiro atoms. The Labute approximate surface area is 115 Å². The number of rotatable bonds is 6. The van der Waals surface area contributed by atoms with Crippen molar-refractivity contribution >= 4 is 0 Å². The van der Waals surface area contributed by atoms with E-state index in [1.807, 2.05) is 36.4 Å². The van der Waals surface area contributed by atoms with E-state index >= 15 is 0 Å². The molecule has 2 heteroatoms. The standard InChI is InChI=1S/C17H21NO/c1-2-3-14-17(18-19,15-10-6-4-7-11-15)16-12-8-5-9-13-16/h4-13,18-19H,2-3,14H2,1H3. The molecule has 0 radical (unpaired) electrons. The quantitative estimate of drug-likeness (QED) is 0.762. The van der Waals surface area contributed by atoms with Crippen molar-refractivity contribution in [1.82, 2.24) is 5.48 Å². The number of nitrogens with one attached hydrogen (secondary N) is 1. The second-order valence-corrected chi connectivity index (χ2v) is 4.85. The Kier molecular flexibility index (Phi) is 4.72. The van der Waals surface area contributed by atoms with Crippen molar-refractivity contribution in [2.45, 2.75) is 31.7 Å². The van der Waals surface area contributed by atoms with Crippen molar-refractivity contribution in [3.8, 4) is 0 Å². The van der Waals surface area contributed by atoms with E-state index in [4.69, 9.17) is 0 Å². The van der Waals surface area contributed by atoms with Crippen LogP contribution in [0, 0.1) is 0 Å². The minimum absolute atomic E-state index is 0.515. The van der Waals surface area contributed by atoms with E-state index in [-0.39, 0.29) is 0 Å². The lowest BCUT2D eigenvalue weighted by Gasteiger charge is -2.33. The number of benzene rings is 2. The molecule has 100 valence electrons. The van der Waals surface area contributed by atoms with Gasteiger partial charge in [-0.1, -0.05) is 80.4 Å². The zero-order valence-corrected chi connectivity index (χ0v) is 11.3. The van der Waals surface area contributed by atoms with Crippen molar-refractivity contribution < 1.29 is 5.21 Å². The summed E-state index contributed by atoms with van der Waals surface area (Å²) in [6.07, 6.45) is 3.02. The zero-order chi connectivity index (χ0) is 13.6. The van der Waals surface area contributed by atoms with Crippen molar-refractivity contribution in [3.05, 3.63) is 71.8 Å². The summed E-state index contributed by atoms with van der Waals surface area (Å²) in [6, 6.07) is 20.3. The van der Waals surface area contributed by atoms with Gasteiger partial charge in [0.1, 0.15) is 0 Å². The van der Waals surface area contributed by atoms with E-state index in [9.17, 15) is 5.21 Å². The van der Waals surface area contributed by atoms with Gasteiger partial charge in [0.15, 0.2) is 0 Å². The predicted octanol–water partition coefficient (Wildman–Crippen LogP) is 4.10. The highest BCUT2D eigenvalue weighted by Crippen LogP contribution is 2.34. The normalized spacial score (nSPS) is 11.5. The minimum Gasteiger partial charge on any atom is -0.316 e. The fourth-order valence-corrected chi connectivity index (χ4v) is 2.53. The number of hydrogen-bond acceptors (Lipinski definition) is 2. The molecule has 0 atom stereocenters. The van der Waals surface area contributed by atoms with Crippen LogP contribution in [0.1, 0.15) is 37.3 Å². The molecule has 0 fully saturated rings. The molecule has 2 aromatic rings. The van der Waals surface area contributed by atoms with Gasteiger partial charge >= 0.3 is 0 Å². The van der Waals surface area contributed by atoms with Crippen LogP contribution >= 0.6 is 0 Å². The highest BCUT2D eigenvalue weighted by Gasteiger charge is 2.32. The summed E-state index contributed by atoms with van der Waals surface area (Å²) in [5, 5.41) is 9.86. The molecule has 2 nitrogen and oxygen atoms in total. The van der Waals surface area contributed by atoms with Crippen LogP contribution in [0.5, 0.6) is 0 Å². The van der Waals surface area contributed by atoms with Gasteiger partial charge in [-0.25, -0.2) is 0 Å². The van der Waals surface area contributed by atoms with Crippen LogP contribution < -0.4 is 5.48 Å². The lowest BCUT2D eigenvalue weighted by atomic mass is 9.79. The van der Waals surface area contributed by atoms with E-state index in [0.717, 1.165) is 30.4 Å². The molecule has 2 N–H and O–H groups in total. The second-order valence-electron chi connectivity index (χ2n) is 4.85. The molecular formula is C17H21NO. The Balaban J connectivity index is 2.48. The molecule has 0 unspecified atom stereocenters. The summed E-state index contributed by atoms with van der Waals surface area (Å²) < 4.78 is 0. The van der Waals surface area contributed by atoms with Gasteiger partial charge in [-0.05, 0) is 17.5 Å². The Bertz CT molecular complexity index is 442. The highest BCUT2D eigenvalue weighted by atomic mass is 16.5. The van der Waals surface area contributed by atoms with Gasteiger partial charge < -0.3 is 5.21 Å². The van der Waals surface area contributed by atoms with Crippen LogP contribution in [0.15, 0.2) is 60.7 Å². The smallest absolute Gasteiger partial charge is 0.0927 e. The van der Waals surface area contributed by atoms with Crippen LogP contribution in [0.2, 0.25) is 0 Å². The maximum Gasteiger partial charge on any atom is 0.0927 e. The summed E-state index contributed by atoms with van der Waals surface area (Å²) in [6.45, 7) is 2.16. The Morgan fingerprint density at radius 2 is 1.37 bits per heavy atom. The molecule has 0 saturated carbocycles. The lowest BCUT2D eigenvalue weighted by molar-refractivity contribution is 0.0754. The van der Waals surface area contributed by atoms with Crippen molar-refractivity contribution in [1.29, 1.82) is 0 Å². The molecule has 0 heterocycles. The molecule has 2 aromatic carbocycles. The summed E-state index contributed by atoms with van der Waals surface area (Å²) in [5.41, 5.74) is 4.26. The van der Waals surface area contributed by atoms with Gasteiger partial charge in [-0.3, -0.25) is 0 Å². The van der Waals surface area contributed by atoms with Gasteiger partial charge in [-0.15, -0.1) is 0 Å². The number of hydroxylamine groups is 1. The van der Waals surface area contributed by atoms with Crippen LogP contribution in [0.3, 0.4) is 0 Å². The van der Waals surface area contributed by atoms with E-state index in [0.29, 0.717) is 0 Å². The van der Waals surface area contributed by atoms with Crippen LogP contribution in [0.4, 0.5) is 0 Å². The van der Waals surface area contributed by atoms with E-state index in [2.05, 4.69) is 36.7 Å². The lowest BCUT2D eigenvalue weighted by Crippen LogP contribution is -2.41. The monoisotopic (exact) mass is 255 g/mol. The molecule has 0 bridgehead atoms. The fraction of sp³-hybridized carbons (Fsp3) is 0.294. The Morgan fingerprint density at radius 1 is 0.895 bits per heavy atom. The first kappa shape index (κ1) is 13.8. The van der Waals surface area contributed by atoms with Gasteiger partial charge in [0, 0.05) is 0 Å². The van der Waals surface area contributed by atoms with Gasteiger partial charge in [-0.2, -0.15) is 5.48 Å². The zero-order valence-electron chi connectivity index (χ0n) is 11.3.